The largest absolute Gasteiger partial charge is 0.467 e. The molecular formula is C18H19N5O2. The normalized spacial score (nSPS) is 12.9. The first-order valence-electron chi connectivity index (χ1n) is 8.21. The Morgan fingerprint density at radius 1 is 1.36 bits per heavy atom. The monoisotopic (exact) mass is 337 g/mol. The first-order chi connectivity index (χ1) is 12.3. The van der Waals surface area contributed by atoms with Crippen molar-refractivity contribution in [1.82, 2.24) is 15.3 Å². The van der Waals surface area contributed by atoms with Crippen molar-refractivity contribution in [2.45, 2.75) is 19.5 Å². The van der Waals surface area contributed by atoms with E-state index in [1.807, 2.05) is 24.4 Å². The molecule has 128 valence electrons. The third-order valence-corrected chi connectivity index (χ3v) is 4.25. The number of rotatable bonds is 5. The number of hydrogen-bond acceptors (Lipinski definition) is 4. The van der Waals surface area contributed by atoms with Gasteiger partial charge in [0.2, 0.25) is 0 Å². The molecule has 1 aliphatic rings. The van der Waals surface area contributed by atoms with E-state index in [1.165, 1.54) is 5.56 Å². The van der Waals surface area contributed by atoms with Crippen molar-refractivity contribution in [3.05, 3.63) is 66.1 Å². The molecule has 25 heavy (non-hydrogen) atoms. The summed E-state index contributed by atoms with van der Waals surface area (Å²) in [6, 6.07) is 9.38. The van der Waals surface area contributed by atoms with E-state index in [0.29, 0.717) is 12.3 Å². The van der Waals surface area contributed by atoms with E-state index in [9.17, 15) is 4.79 Å². The molecule has 7 heteroatoms. The zero-order valence-corrected chi connectivity index (χ0v) is 13.7. The Morgan fingerprint density at radius 3 is 3.12 bits per heavy atom. The molecule has 3 heterocycles. The molecule has 3 aromatic rings. The van der Waals surface area contributed by atoms with Gasteiger partial charge >= 0.3 is 6.03 Å². The maximum Gasteiger partial charge on any atom is 0.319 e. The molecule has 1 aromatic carbocycles. The van der Waals surface area contributed by atoms with Crippen LogP contribution in [0.5, 0.6) is 0 Å². The van der Waals surface area contributed by atoms with Gasteiger partial charge in [0.15, 0.2) is 0 Å². The van der Waals surface area contributed by atoms with Crippen LogP contribution in [0.2, 0.25) is 0 Å². The van der Waals surface area contributed by atoms with E-state index in [-0.39, 0.29) is 6.03 Å². The van der Waals surface area contributed by atoms with Gasteiger partial charge in [-0.05, 0) is 36.2 Å². The number of aromatic amines is 1. The average Bonchev–Trinajstić information content (AvgIpc) is 3.36. The summed E-state index contributed by atoms with van der Waals surface area (Å²) < 4.78 is 5.20. The molecule has 1 aliphatic heterocycles. The molecule has 0 atom stereocenters. The van der Waals surface area contributed by atoms with Crippen LogP contribution in [0.3, 0.4) is 0 Å². The van der Waals surface area contributed by atoms with Crippen molar-refractivity contribution >= 4 is 17.4 Å². The van der Waals surface area contributed by atoms with Crippen molar-refractivity contribution in [2.24, 2.45) is 0 Å². The molecule has 0 saturated heterocycles. The van der Waals surface area contributed by atoms with Crippen molar-refractivity contribution in [3.8, 4) is 0 Å². The molecule has 3 N–H and O–H groups in total. The van der Waals surface area contributed by atoms with Crippen LogP contribution in [0.4, 0.5) is 16.2 Å². The quantitative estimate of drug-likeness (QED) is 0.668. The molecular weight excluding hydrogens is 318 g/mol. The van der Waals surface area contributed by atoms with Crippen molar-refractivity contribution < 1.29 is 9.21 Å². The summed E-state index contributed by atoms with van der Waals surface area (Å²) in [4.78, 5) is 21.6. The van der Waals surface area contributed by atoms with E-state index >= 15 is 0 Å². The van der Waals surface area contributed by atoms with Gasteiger partial charge in [-0.25, -0.2) is 9.78 Å². The lowest BCUT2D eigenvalue weighted by molar-refractivity contribution is 0.251. The number of H-pyrrole nitrogens is 1. The Balaban J connectivity index is 1.40. The number of carbonyl (C=O) groups excluding carboxylic acids is 1. The van der Waals surface area contributed by atoms with Crippen LogP contribution >= 0.6 is 0 Å². The number of aromatic nitrogens is 2. The number of nitrogens with one attached hydrogen (secondary N) is 3. The summed E-state index contributed by atoms with van der Waals surface area (Å²) >= 11 is 0. The number of benzene rings is 1. The Labute approximate surface area is 145 Å². The van der Waals surface area contributed by atoms with Crippen molar-refractivity contribution in [2.75, 3.05) is 16.8 Å². The van der Waals surface area contributed by atoms with Crippen molar-refractivity contribution in [1.29, 1.82) is 0 Å². The lowest BCUT2D eigenvalue weighted by atomic mass is 10.1. The van der Waals surface area contributed by atoms with E-state index < -0.39 is 0 Å². The lowest BCUT2D eigenvalue weighted by Crippen LogP contribution is -2.28. The fourth-order valence-electron chi connectivity index (χ4n) is 3.02. The summed E-state index contributed by atoms with van der Waals surface area (Å²) in [5.41, 5.74) is 4.20. The van der Waals surface area contributed by atoms with Gasteiger partial charge in [0.1, 0.15) is 5.76 Å². The lowest BCUT2D eigenvalue weighted by Gasteiger charge is -2.19. The van der Waals surface area contributed by atoms with E-state index in [4.69, 9.17) is 4.42 Å². The second kappa shape index (κ2) is 6.72. The molecule has 0 radical (unpaired) electrons. The van der Waals surface area contributed by atoms with Crippen LogP contribution in [0.25, 0.3) is 0 Å². The fourth-order valence-corrected chi connectivity index (χ4v) is 3.02. The van der Waals surface area contributed by atoms with Crippen LogP contribution in [-0.2, 0) is 19.5 Å². The molecule has 0 saturated carbocycles. The Bertz CT molecular complexity index is 842. The summed E-state index contributed by atoms with van der Waals surface area (Å²) in [6.45, 7) is 2.07. The minimum absolute atomic E-state index is 0.256. The number of carbonyl (C=O) groups is 1. The zero-order valence-electron chi connectivity index (χ0n) is 13.7. The number of anilines is 2. The second-order valence-corrected chi connectivity index (χ2v) is 5.96. The molecule has 2 aromatic heterocycles. The number of urea groups is 1. The van der Waals surface area contributed by atoms with Crippen LogP contribution in [-0.4, -0.2) is 22.5 Å². The van der Waals surface area contributed by atoms with Crippen LogP contribution in [0.1, 0.15) is 17.0 Å². The van der Waals surface area contributed by atoms with Gasteiger partial charge in [-0.15, -0.1) is 0 Å². The highest BCUT2D eigenvalue weighted by Gasteiger charge is 2.20. The Kier molecular flexibility index (Phi) is 4.12. The number of fused-ring (bicyclic) bond motifs is 1. The maximum atomic E-state index is 12.1. The fraction of sp³-hybridized carbons (Fsp3) is 0.222. The first kappa shape index (κ1) is 15.3. The van der Waals surface area contributed by atoms with Gasteiger partial charge in [0.05, 0.1) is 31.4 Å². The number of nitrogens with zero attached hydrogens (tertiary/aromatic N) is 2. The highest BCUT2D eigenvalue weighted by atomic mass is 16.3. The Hall–Kier alpha value is -3.22. The highest BCUT2D eigenvalue weighted by Crippen LogP contribution is 2.31. The molecule has 7 nitrogen and oxygen atoms in total. The first-order valence-corrected chi connectivity index (χ1v) is 8.21. The molecule has 0 spiro atoms. The predicted molar refractivity (Wildman–Crippen MR) is 94.4 cm³/mol. The van der Waals surface area contributed by atoms with Crippen LogP contribution < -0.4 is 15.5 Å². The van der Waals surface area contributed by atoms with Gasteiger partial charge < -0.3 is 24.9 Å². The van der Waals surface area contributed by atoms with Gasteiger partial charge in [0, 0.05) is 24.1 Å². The van der Waals surface area contributed by atoms with Gasteiger partial charge in [-0.3, -0.25) is 0 Å². The zero-order chi connectivity index (χ0) is 17.1. The number of imidazole rings is 1. The van der Waals surface area contributed by atoms with Gasteiger partial charge in [-0.2, -0.15) is 0 Å². The predicted octanol–water partition coefficient (Wildman–Crippen LogP) is 2.89. The maximum absolute atomic E-state index is 12.1. The standard InChI is InChI=1S/C18H19N5O2/c24-18(20-10-16-2-1-7-25-16)22-14-4-3-13-5-6-23(17(13)8-14)11-15-9-19-12-21-15/h1-4,7-9,12H,5-6,10-11H2,(H,19,21)(H2,20,22,24). The highest BCUT2D eigenvalue weighted by molar-refractivity contribution is 5.90. The number of amides is 2. The summed E-state index contributed by atoms with van der Waals surface area (Å²) in [5, 5.41) is 5.65. The minimum atomic E-state index is -0.256. The topological polar surface area (TPSA) is 86.2 Å². The summed E-state index contributed by atoms with van der Waals surface area (Å²) in [6.07, 6.45) is 6.18. The smallest absolute Gasteiger partial charge is 0.319 e. The molecule has 0 aliphatic carbocycles. The summed E-state index contributed by atoms with van der Waals surface area (Å²) in [5.74, 6) is 0.717. The van der Waals surface area contributed by atoms with Crippen LogP contribution in [0, 0.1) is 0 Å². The Morgan fingerprint density at radius 2 is 2.32 bits per heavy atom. The van der Waals surface area contributed by atoms with Gasteiger partial charge in [0.25, 0.3) is 0 Å². The molecule has 0 fully saturated rings. The van der Waals surface area contributed by atoms with Gasteiger partial charge in [-0.1, -0.05) is 6.07 Å². The summed E-state index contributed by atoms with van der Waals surface area (Å²) in [7, 11) is 0. The molecule has 0 bridgehead atoms. The average molecular weight is 337 g/mol. The SMILES string of the molecule is O=C(NCc1ccco1)Nc1ccc2c(c1)N(Cc1c[nH]cn1)CC2. The van der Waals surface area contributed by atoms with E-state index in [0.717, 1.165) is 36.6 Å². The van der Waals surface area contributed by atoms with E-state index in [2.05, 4.69) is 31.6 Å². The molecule has 0 unspecified atom stereocenters. The van der Waals surface area contributed by atoms with Crippen molar-refractivity contribution in [3.63, 3.8) is 0 Å². The second-order valence-electron chi connectivity index (χ2n) is 5.96. The van der Waals surface area contributed by atoms with Crippen LogP contribution in [0.15, 0.2) is 53.5 Å². The third-order valence-electron chi connectivity index (χ3n) is 4.25. The third kappa shape index (κ3) is 3.50. The minimum Gasteiger partial charge on any atom is -0.467 e. The molecule has 2 amide bonds. The van der Waals surface area contributed by atoms with E-state index in [1.54, 1.807) is 18.7 Å². The number of hydrogen-bond donors (Lipinski definition) is 3. The molecule has 4 rings (SSSR count). The number of furan rings is 1.